The summed E-state index contributed by atoms with van der Waals surface area (Å²) in [4.78, 5) is 0. The van der Waals surface area contributed by atoms with Gasteiger partial charge in [-0.3, -0.25) is 16.3 Å². The van der Waals surface area contributed by atoms with E-state index in [9.17, 15) is 0 Å². The highest BCUT2D eigenvalue weighted by molar-refractivity contribution is 7.81. The maximum Gasteiger partial charge on any atom is 0.221 e. The van der Waals surface area contributed by atoms with E-state index >= 15 is 0 Å². The van der Waals surface area contributed by atoms with E-state index in [1.165, 1.54) is 0 Å². The van der Waals surface area contributed by atoms with Crippen LogP contribution < -0.4 is 46.3 Å². The van der Waals surface area contributed by atoms with Crippen LogP contribution in [0.5, 0.6) is 0 Å². The van der Waals surface area contributed by atoms with Gasteiger partial charge in [0.15, 0.2) is 17.5 Å². The summed E-state index contributed by atoms with van der Waals surface area (Å²) in [5, 5.41) is 27.1. The standard InChI is InChI=1S/C48H36N12S3/c61-46-55(37-22-12-4-13-23-37)49-43(34-16-6-1-7-17-34)51-57(46)39-26-30-41(31-27-39)59-48(63)60(54-45(53-59)36-20-10-3-11-21-36)42-32-28-40(29-33-42)58-47(62)56(38-24-14-5-15-25-38)50-44(52-58)35-18-8-2-9-19-35/h1-33H,(H,49,51)(H,50,52)(H,53,54). The van der Waals surface area contributed by atoms with Gasteiger partial charge >= 0.3 is 0 Å². The molecule has 0 unspecified atom stereocenters. The predicted molar refractivity (Wildman–Crippen MR) is 267 cm³/mol. The number of thiocarbonyl (C=S) groups is 3. The SMILES string of the molecule is S=C1N(c2ccc(N3NC(c4ccccc4)=NN(c4ccc(N5NC(c6ccccc6)=NN(c6ccccc6)C5=S)cc4)C3=S)cc2)N=C(c2ccccc2)NN1c1ccccc1. The highest BCUT2D eigenvalue weighted by Gasteiger charge is 2.32. The van der Waals surface area contributed by atoms with Crippen molar-refractivity contribution in [2.45, 2.75) is 0 Å². The third-order valence-corrected chi connectivity index (χ3v) is 11.3. The van der Waals surface area contributed by atoms with Crippen LogP contribution in [0.3, 0.4) is 0 Å². The van der Waals surface area contributed by atoms with Gasteiger partial charge in [0.2, 0.25) is 15.3 Å². The van der Waals surface area contributed by atoms with Crippen LogP contribution in [-0.4, -0.2) is 32.8 Å². The van der Waals surface area contributed by atoms with Gasteiger partial charge in [0.05, 0.1) is 34.1 Å². The maximum absolute atomic E-state index is 6.20. The number of hydrogen-bond acceptors (Lipinski definition) is 9. The topological polar surface area (TPSA) is 92.6 Å². The van der Waals surface area contributed by atoms with Crippen molar-refractivity contribution in [1.29, 1.82) is 0 Å². The monoisotopic (exact) mass is 876 g/mol. The Morgan fingerprint density at radius 2 is 0.492 bits per heavy atom. The van der Waals surface area contributed by atoms with Crippen LogP contribution in [-0.2, 0) is 0 Å². The largest absolute Gasteiger partial charge is 0.273 e. The lowest BCUT2D eigenvalue weighted by Gasteiger charge is -2.38. The van der Waals surface area contributed by atoms with E-state index in [1.54, 1.807) is 15.0 Å². The Balaban J connectivity index is 0.955. The normalized spacial score (nSPS) is 15.2. The summed E-state index contributed by atoms with van der Waals surface area (Å²) in [6, 6.07) is 65.4. The molecule has 63 heavy (non-hydrogen) atoms. The van der Waals surface area contributed by atoms with E-state index in [4.69, 9.17) is 52.0 Å². The first-order chi connectivity index (χ1) is 31.0. The van der Waals surface area contributed by atoms with Crippen LogP contribution in [0.1, 0.15) is 16.7 Å². The molecule has 0 saturated carbocycles. The average Bonchev–Trinajstić information content (AvgIpc) is 3.36. The van der Waals surface area contributed by atoms with Gasteiger partial charge < -0.3 is 0 Å². The molecular formula is C48H36N12S3. The molecule has 3 heterocycles. The number of anilines is 6. The summed E-state index contributed by atoms with van der Waals surface area (Å²) in [7, 11) is 0. The number of nitrogens with zero attached hydrogens (tertiary/aromatic N) is 9. The van der Waals surface area contributed by atoms with Crippen molar-refractivity contribution in [3.63, 3.8) is 0 Å². The van der Waals surface area contributed by atoms with E-state index in [0.717, 1.165) is 50.8 Å². The molecule has 3 aliphatic rings. The van der Waals surface area contributed by atoms with Gasteiger partial charge in [0.25, 0.3) is 0 Å². The van der Waals surface area contributed by atoms with E-state index in [1.807, 2.05) is 215 Å². The number of rotatable bonds is 9. The zero-order valence-corrected chi connectivity index (χ0v) is 35.8. The fraction of sp³-hybridized carbons (Fsp3) is 0. The Hall–Kier alpha value is -7.98. The molecule has 3 N–H and O–H groups in total. The lowest BCUT2D eigenvalue weighted by atomic mass is 10.2. The Bertz CT molecular complexity index is 2880. The third-order valence-electron chi connectivity index (χ3n) is 10.2. The van der Waals surface area contributed by atoms with Crippen molar-refractivity contribution in [1.82, 2.24) is 16.3 Å². The number of para-hydroxylation sites is 2. The van der Waals surface area contributed by atoms with E-state index in [2.05, 4.69) is 16.3 Å². The molecule has 0 fully saturated rings. The average molecular weight is 877 g/mol. The molecule has 12 nitrogen and oxygen atoms in total. The predicted octanol–water partition coefficient (Wildman–Crippen LogP) is 9.12. The molecule has 7 aromatic rings. The second-order valence-corrected chi connectivity index (χ2v) is 15.4. The summed E-state index contributed by atoms with van der Waals surface area (Å²) in [5.41, 5.74) is 17.9. The Morgan fingerprint density at radius 3 is 0.794 bits per heavy atom. The molecule has 0 saturated heterocycles. The van der Waals surface area contributed by atoms with Gasteiger partial charge in [-0.1, -0.05) is 127 Å². The Labute approximate surface area is 380 Å². The second kappa shape index (κ2) is 17.2. The van der Waals surface area contributed by atoms with Gasteiger partial charge in [-0.15, -0.1) is 15.3 Å². The number of hydrogen-bond donors (Lipinski definition) is 3. The molecule has 10 rings (SSSR count). The molecule has 15 heteroatoms. The van der Waals surface area contributed by atoms with Crippen molar-refractivity contribution in [3.8, 4) is 0 Å². The van der Waals surface area contributed by atoms with Gasteiger partial charge in [0.1, 0.15) is 0 Å². The van der Waals surface area contributed by atoms with Crippen molar-refractivity contribution in [2.75, 3.05) is 30.1 Å². The van der Waals surface area contributed by atoms with Crippen LogP contribution in [0, 0.1) is 0 Å². The first-order valence-electron chi connectivity index (χ1n) is 19.9. The molecule has 306 valence electrons. The minimum absolute atomic E-state index is 0.410. The first kappa shape index (κ1) is 39.2. The minimum Gasteiger partial charge on any atom is -0.273 e. The number of nitrogens with one attached hydrogen (secondary N) is 3. The highest BCUT2D eigenvalue weighted by Crippen LogP contribution is 2.31. The molecular weight excluding hydrogens is 841 g/mol. The molecule has 7 aromatic carbocycles. The van der Waals surface area contributed by atoms with Crippen molar-refractivity contribution in [3.05, 3.63) is 217 Å². The highest BCUT2D eigenvalue weighted by atomic mass is 32.1. The van der Waals surface area contributed by atoms with Crippen LogP contribution in [0.4, 0.5) is 34.1 Å². The lowest BCUT2D eigenvalue weighted by molar-refractivity contribution is 0.882. The van der Waals surface area contributed by atoms with Crippen LogP contribution in [0.15, 0.2) is 215 Å². The zero-order chi connectivity index (χ0) is 42.7. The molecule has 0 atom stereocenters. The Morgan fingerprint density at radius 1 is 0.270 bits per heavy atom. The first-order valence-corrected chi connectivity index (χ1v) is 21.2. The molecule has 0 aromatic heterocycles. The summed E-state index contributed by atoms with van der Waals surface area (Å²) in [6.07, 6.45) is 0. The smallest absolute Gasteiger partial charge is 0.221 e. The second-order valence-electron chi connectivity index (χ2n) is 14.3. The van der Waals surface area contributed by atoms with Gasteiger partial charge in [-0.25, -0.2) is 30.1 Å². The summed E-state index contributed by atoms with van der Waals surface area (Å²) in [6.45, 7) is 0. The van der Waals surface area contributed by atoms with E-state index < -0.39 is 0 Å². The Kier molecular flexibility index (Phi) is 10.7. The lowest BCUT2D eigenvalue weighted by Crippen LogP contribution is -2.57. The van der Waals surface area contributed by atoms with Gasteiger partial charge in [0, 0.05) is 16.7 Å². The summed E-state index contributed by atoms with van der Waals surface area (Å²) >= 11 is 18.3. The van der Waals surface area contributed by atoms with Crippen LogP contribution in [0.25, 0.3) is 0 Å². The summed E-state index contributed by atoms with van der Waals surface area (Å²) in [5.74, 6) is 1.91. The number of hydrazine groups is 3. The van der Waals surface area contributed by atoms with Crippen molar-refractivity contribution < 1.29 is 0 Å². The van der Waals surface area contributed by atoms with Crippen LogP contribution >= 0.6 is 36.7 Å². The molecule has 0 amide bonds. The molecule has 0 bridgehead atoms. The number of hydrazone groups is 3. The zero-order valence-electron chi connectivity index (χ0n) is 33.3. The van der Waals surface area contributed by atoms with E-state index in [-0.39, 0.29) is 0 Å². The van der Waals surface area contributed by atoms with Crippen molar-refractivity contribution >= 4 is 104 Å². The van der Waals surface area contributed by atoms with Gasteiger partial charge in [-0.2, -0.15) is 0 Å². The third kappa shape index (κ3) is 7.90. The molecule has 3 aliphatic heterocycles. The fourth-order valence-electron chi connectivity index (χ4n) is 7.06. The number of benzene rings is 7. The van der Waals surface area contributed by atoms with Crippen molar-refractivity contribution in [2.24, 2.45) is 15.3 Å². The fourth-order valence-corrected chi connectivity index (χ4v) is 7.95. The summed E-state index contributed by atoms with van der Waals surface area (Å²) < 4.78 is 0. The molecule has 0 radical (unpaired) electrons. The molecule has 0 aliphatic carbocycles. The maximum atomic E-state index is 6.20. The molecule has 0 spiro atoms. The van der Waals surface area contributed by atoms with E-state index in [0.29, 0.717) is 32.8 Å². The minimum atomic E-state index is 0.410. The number of amidine groups is 3. The van der Waals surface area contributed by atoms with Crippen LogP contribution in [0.2, 0.25) is 0 Å². The quantitative estimate of drug-likeness (QED) is 0.121. The van der Waals surface area contributed by atoms with Gasteiger partial charge in [-0.05, 0) is 109 Å².